The van der Waals surface area contributed by atoms with E-state index in [-0.39, 0.29) is 5.92 Å². The van der Waals surface area contributed by atoms with Crippen LogP contribution in [0.3, 0.4) is 0 Å². The second-order valence-electron chi connectivity index (χ2n) is 6.73. The van der Waals surface area contributed by atoms with Crippen molar-refractivity contribution in [2.75, 3.05) is 0 Å². The molecule has 2 atom stereocenters. The summed E-state index contributed by atoms with van der Waals surface area (Å²) in [5.74, 6) is 1.17. The van der Waals surface area contributed by atoms with Crippen molar-refractivity contribution in [1.29, 1.82) is 5.26 Å². The van der Waals surface area contributed by atoms with Crippen LogP contribution in [-0.2, 0) is 0 Å². The average Bonchev–Trinajstić information content (AvgIpc) is 3.41. The largest absolute Gasteiger partial charge is 0.294 e. The lowest BCUT2D eigenvalue weighted by Crippen LogP contribution is -2.03. The molecule has 0 N–H and O–H groups in total. The van der Waals surface area contributed by atoms with Crippen LogP contribution < -0.4 is 0 Å². The van der Waals surface area contributed by atoms with Gasteiger partial charge in [0.15, 0.2) is 5.78 Å². The predicted molar refractivity (Wildman–Crippen MR) is 96.7 cm³/mol. The number of unbranched alkanes of at least 4 members (excludes halogenated alkanes) is 2. The molecule has 0 saturated heterocycles. The molecule has 2 aromatic carbocycles. The first-order valence-corrected chi connectivity index (χ1v) is 8.87. The molecule has 3 rings (SSSR count). The summed E-state index contributed by atoms with van der Waals surface area (Å²) < 4.78 is 0. The maximum absolute atomic E-state index is 12.5. The summed E-state index contributed by atoms with van der Waals surface area (Å²) in [6, 6.07) is 17.5. The fourth-order valence-electron chi connectivity index (χ4n) is 3.32. The first-order chi connectivity index (χ1) is 11.7. The van der Waals surface area contributed by atoms with Crippen molar-refractivity contribution in [3.8, 4) is 17.2 Å². The van der Waals surface area contributed by atoms with Crippen molar-refractivity contribution in [1.82, 2.24) is 0 Å². The van der Waals surface area contributed by atoms with E-state index < -0.39 is 0 Å². The summed E-state index contributed by atoms with van der Waals surface area (Å²) in [5, 5.41) is 8.86. The highest BCUT2D eigenvalue weighted by Gasteiger charge is 2.42. The number of carbonyl (C=O) groups is 1. The zero-order valence-corrected chi connectivity index (χ0v) is 14.2. The van der Waals surface area contributed by atoms with Crippen LogP contribution in [0.2, 0.25) is 0 Å². The minimum Gasteiger partial charge on any atom is -0.294 e. The van der Waals surface area contributed by atoms with Crippen molar-refractivity contribution in [3.63, 3.8) is 0 Å². The van der Waals surface area contributed by atoms with Crippen LogP contribution in [-0.4, -0.2) is 5.78 Å². The van der Waals surface area contributed by atoms with Crippen LogP contribution in [0.25, 0.3) is 11.1 Å². The Morgan fingerprint density at radius 1 is 1.04 bits per heavy atom. The van der Waals surface area contributed by atoms with Crippen LogP contribution in [0.15, 0.2) is 48.5 Å². The van der Waals surface area contributed by atoms with Crippen molar-refractivity contribution >= 4 is 5.78 Å². The van der Waals surface area contributed by atoms with Gasteiger partial charge >= 0.3 is 0 Å². The van der Waals surface area contributed by atoms with Crippen molar-refractivity contribution in [2.24, 2.45) is 11.8 Å². The van der Waals surface area contributed by atoms with Gasteiger partial charge in [-0.3, -0.25) is 4.79 Å². The van der Waals surface area contributed by atoms with Gasteiger partial charge in [0.05, 0.1) is 11.6 Å². The smallest absolute Gasteiger partial charge is 0.166 e. The van der Waals surface area contributed by atoms with E-state index in [1.54, 1.807) is 0 Å². The zero-order valence-electron chi connectivity index (χ0n) is 14.2. The molecule has 24 heavy (non-hydrogen) atoms. The Hall–Kier alpha value is -2.40. The average molecular weight is 317 g/mol. The highest BCUT2D eigenvalue weighted by atomic mass is 16.1. The van der Waals surface area contributed by atoms with Crippen LogP contribution in [0.4, 0.5) is 0 Å². The quantitative estimate of drug-likeness (QED) is 0.491. The Kier molecular flexibility index (Phi) is 5.11. The Morgan fingerprint density at radius 2 is 1.67 bits per heavy atom. The minimum atomic E-state index is 0.252. The summed E-state index contributed by atoms with van der Waals surface area (Å²) in [4.78, 5) is 12.5. The second kappa shape index (κ2) is 7.45. The fourth-order valence-corrected chi connectivity index (χ4v) is 3.32. The number of nitriles is 1. The highest BCUT2D eigenvalue weighted by molar-refractivity contribution is 6.00. The third-order valence-corrected chi connectivity index (χ3v) is 4.95. The second-order valence-corrected chi connectivity index (χ2v) is 6.73. The van der Waals surface area contributed by atoms with Crippen LogP contribution in [0.1, 0.15) is 54.9 Å². The lowest BCUT2D eigenvalue weighted by atomic mass is 9.99. The van der Waals surface area contributed by atoms with Crippen LogP contribution >= 0.6 is 0 Å². The van der Waals surface area contributed by atoms with Gasteiger partial charge in [-0.05, 0) is 42.0 Å². The molecule has 0 aromatic heterocycles. The molecule has 0 spiro atoms. The Balaban J connectivity index is 1.62. The van der Waals surface area contributed by atoms with Gasteiger partial charge in [0.1, 0.15) is 0 Å². The molecule has 1 fully saturated rings. The first-order valence-electron chi connectivity index (χ1n) is 8.87. The number of carbonyl (C=O) groups excluding carboxylic acids is 1. The van der Waals surface area contributed by atoms with Gasteiger partial charge in [0.2, 0.25) is 0 Å². The molecule has 0 radical (unpaired) electrons. The van der Waals surface area contributed by atoms with Crippen molar-refractivity contribution in [3.05, 3.63) is 59.7 Å². The normalized spacial score (nSPS) is 18.8. The molecule has 0 aliphatic heterocycles. The van der Waals surface area contributed by atoms with E-state index in [4.69, 9.17) is 5.26 Å². The Labute approximate surface area is 144 Å². The lowest BCUT2D eigenvalue weighted by Gasteiger charge is -2.05. The van der Waals surface area contributed by atoms with Crippen molar-refractivity contribution < 1.29 is 4.79 Å². The number of hydrogen-bond donors (Lipinski definition) is 0. The molecule has 2 aromatic rings. The monoisotopic (exact) mass is 317 g/mol. The molecule has 0 bridgehead atoms. The van der Waals surface area contributed by atoms with Crippen LogP contribution in [0, 0.1) is 23.2 Å². The zero-order chi connectivity index (χ0) is 16.9. The molecule has 2 heteroatoms. The van der Waals surface area contributed by atoms with E-state index in [2.05, 4.69) is 13.0 Å². The summed E-state index contributed by atoms with van der Waals surface area (Å²) in [7, 11) is 0. The van der Waals surface area contributed by atoms with Gasteiger partial charge in [-0.1, -0.05) is 62.6 Å². The topological polar surface area (TPSA) is 40.9 Å². The van der Waals surface area contributed by atoms with Crippen molar-refractivity contribution in [2.45, 2.75) is 39.0 Å². The van der Waals surface area contributed by atoms with E-state index >= 15 is 0 Å². The summed E-state index contributed by atoms with van der Waals surface area (Å²) >= 11 is 0. The molecular weight excluding hydrogens is 294 g/mol. The van der Waals surface area contributed by atoms with Gasteiger partial charge in [-0.25, -0.2) is 0 Å². The number of Topliss-reactive ketones (excluding diaryl/α,β-unsaturated/α-hetero) is 1. The lowest BCUT2D eigenvalue weighted by molar-refractivity contribution is 0.0960. The summed E-state index contributed by atoms with van der Waals surface area (Å²) in [6.45, 7) is 2.21. The molecule has 0 amide bonds. The third kappa shape index (κ3) is 3.74. The highest BCUT2D eigenvalue weighted by Crippen LogP contribution is 2.44. The number of ketones is 1. The van der Waals surface area contributed by atoms with Gasteiger partial charge < -0.3 is 0 Å². The predicted octanol–water partition coefficient (Wildman–Crippen LogP) is 5.62. The fraction of sp³-hybridized carbons (Fsp3) is 0.364. The molecule has 122 valence electrons. The SMILES string of the molecule is CCCCC[C@H]1C[C@@H]1C(=O)c1ccc(-c2ccc(C#N)cc2)cc1. The van der Waals surface area contributed by atoms with E-state index in [1.165, 1.54) is 25.7 Å². The molecule has 0 unspecified atom stereocenters. The van der Waals surface area contributed by atoms with E-state index in [1.807, 2.05) is 48.5 Å². The minimum absolute atomic E-state index is 0.252. The van der Waals surface area contributed by atoms with Gasteiger partial charge in [0, 0.05) is 11.5 Å². The molecule has 1 aliphatic rings. The van der Waals surface area contributed by atoms with Gasteiger partial charge in [0.25, 0.3) is 0 Å². The molecular formula is C22H23NO. The van der Waals surface area contributed by atoms with E-state index in [0.29, 0.717) is 17.3 Å². The Morgan fingerprint density at radius 3 is 2.25 bits per heavy atom. The summed E-state index contributed by atoms with van der Waals surface area (Å²) in [6.07, 6.45) is 6.04. The van der Waals surface area contributed by atoms with E-state index in [0.717, 1.165) is 23.1 Å². The Bertz CT molecular complexity index is 737. The summed E-state index contributed by atoms with van der Waals surface area (Å²) in [5.41, 5.74) is 3.63. The molecule has 2 nitrogen and oxygen atoms in total. The molecule has 1 aliphatic carbocycles. The first kappa shape index (κ1) is 16.5. The standard InChI is InChI=1S/C22H23NO/c1-2-3-4-5-20-14-21(20)22(24)19-12-10-18(11-13-19)17-8-6-16(15-23)7-9-17/h6-13,20-21H,2-5,14H2,1H3/t20-,21-/m0/s1. The molecule has 0 heterocycles. The van der Waals surface area contributed by atoms with E-state index in [9.17, 15) is 4.79 Å². The maximum atomic E-state index is 12.5. The number of hydrogen-bond acceptors (Lipinski definition) is 2. The van der Waals surface area contributed by atoms with Gasteiger partial charge in [-0.2, -0.15) is 5.26 Å². The maximum Gasteiger partial charge on any atom is 0.166 e. The number of rotatable bonds is 7. The number of nitrogens with zero attached hydrogens (tertiary/aromatic N) is 1. The third-order valence-electron chi connectivity index (χ3n) is 4.95. The van der Waals surface area contributed by atoms with Gasteiger partial charge in [-0.15, -0.1) is 0 Å². The number of benzene rings is 2. The molecule has 1 saturated carbocycles. The van der Waals surface area contributed by atoms with Crippen LogP contribution in [0.5, 0.6) is 0 Å².